The third-order valence-electron chi connectivity index (χ3n) is 5.27. The molecule has 0 aliphatic heterocycles. The second-order valence-corrected chi connectivity index (χ2v) is 8.36. The molecule has 6 heteroatoms. The molecule has 1 aromatic heterocycles. The Morgan fingerprint density at radius 1 is 1.17 bits per heavy atom. The summed E-state index contributed by atoms with van der Waals surface area (Å²) >= 11 is 12.2. The smallest absolute Gasteiger partial charge is 0.311 e. The summed E-state index contributed by atoms with van der Waals surface area (Å²) in [6.07, 6.45) is 0. The van der Waals surface area contributed by atoms with Crippen LogP contribution in [0.15, 0.2) is 36.4 Å². The summed E-state index contributed by atoms with van der Waals surface area (Å²) in [5, 5.41) is 11.2. The average molecular weight is 430 g/mol. The number of aryl methyl sites for hydroxylation is 1. The number of thiocarbonyl (C=S) groups is 1. The van der Waals surface area contributed by atoms with E-state index >= 15 is 0 Å². The number of hydrogen-bond acceptors (Lipinski definition) is 3. The minimum atomic E-state index is -0.864. The van der Waals surface area contributed by atoms with E-state index < -0.39 is 11.9 Å². The number of aromatic nitrogens is 1. The molecular formula is C23H24ClNO3S. The highest BCUT2D eigenvalue weighted by Gasteiger charge is 2.31. The van der Waals surface area contributed by atoms with E-state index in [-0.39, 0.29) is 5.92 Å². The van der Waals surface area contributed by atoms with Crippen LogP contribution in [-0.4, -0.2) is 27.7 Å². The van der Waals surface area contributed by atoms with Gasteiger partial charge in [-0.25, -0.2) is 0 Å². The number of carboxylic acid groups (broad SMARTS) is 1. The van der Waals surface area contributed by atoms with E-state index in [4.69, 9.17) is 28.6 Å². The molecule has 1 unspecified atom stereocenters. The lowest BCUT2D eigenvalue weighted by atomic mass is 9.86. The van der Waals surface area contributed by atoms with E-state index in [9.17, 15) is 9.90 Å². The lowest BCUT2D eigenvalue weighted by Crippen LogP contribution is -2.19. The molecule has 0 bridgehead atoms. The lowest BCUT2D eigenvalue weighted by Gasteiger charge is -2.18. The molecular weight excluding hydrogens is 406 g/mol. The first-order valence-corrected chi connectivity index (χ1v) is 10.2. The highest BCUT2D eigenvalue weighted by atomic mass is 35.5. The Hall–Kier alpha value is -2.37. The Balaban J connectivity index is 2.37. The molecule has 152 valence electrons. The number of ether oxygens (including phenoxy) is 1. The van der Waals surface area contributed by atoms with Crippen LogP contribution >= 0.6 is 23.8 Å². The van der Waals surface area contributed by atoms with Gasteiger partial charge < -0.3 is 14.4 Å². The van der Waals surface area contributed by atoms with Gasteiger partial charge in [0, 0.05) is 16.6 Å². The summed E-state index contributed by atoms with van der Waals surface area (Å²) in [6, 6.07) is 11.6. The zero-order valence-electron chi connectivity index (χ0n) is 17.1. The van der Waals surface area contributed by atoms with Gasteiger partial charge in [-0.1, -0.05) is 67.5 Å². The predicted molar refractivity (Wildman–Crippen MR) is 122 cm³/mol. The molecule has 1 heterocycles. The number of carboxylic acids is 1. The average Bonchev–Trinajstić information content (AvgIpc) is 2.92. The van der Waals surface area contributed by atoms with Crippen molar-refractivity contribution >= 4 is 45.7 Å². The van der Waals surface area contributed by atoms with Crippen molar-refractivity contribution in [2.75, 3.05) is 7.11 Å². The fraction of sp³-hybridized carbons (Fsp3) is 0.304. The van der Waals surface area contributed by atoms with Gasteiger partial charge in [-0.2, -0.15) is 0 Å². The predicted octanol–water partition coefficient (Wildman–Crippen LogP) is 5.97. The number of aliphatic carboxylic acids is 1. The molecule has 0 amide bonds. The van der Waals surface area contributed by atoms with Crippen molar-refractivity contribution in [2.24, 2.45) is 5.92 Å². The standard InChI is InChI=1S/C23H24ClNO3S/c1-12(2)20(23(26)27)21-14(4)25(22(29)15-8-6-13(3)7-9-15)18-11-17(24)19(28-5)10-16(18)21/h6-12,20H,1-5H3,(H,26,27). The Labute approximate surface area is 181 Å². The van der Waals surface area contributed by atoms with Gasteiger partial charge in [0.2, 0.25) is 0 Å². The third-order valence-corrected chi connectivity index (χ3v) is 5.99. The zero-order chi connectivity index (χ0) is 21.5. The van der Waals surface area contributed by atoms with Crippen molar-refractivity contribution in [1.82, 2.24) is 4.57 Å². The van der Waals surface area contributed by atoms with Gasteiger partial charge in [0.1, 0.15) is 10.7 Å². The summed E-state index contributed by atoms with van der Waals surface area (Å²) in [5.74, 6) is -1.13. The fourth-order valence-corrected chi connectivity index (χ4v) is 4.42. The SMILES string of the molecule is COc1cc2c(C(C(=O)O)C(C)C)c(C)n(C(=S)c3ccc(C)cc3)c2cc1Cl. The second kappa shape index (κ2) is 8.17. The number of methoxy groups -OCH3 is 1. The first-order valence-electron chi connectivity index (χ1n) is 9.40. The Kier molecular flexibility index (Phi) is 6.01. The van der Waals surface area contributed by atoms with E-state index in [1.54, 1.807) is 13.2 Å². The van der Waals surface area contributed by atoms with Crippen LogP contribution < -0.4 is 4.74 Å². The molecule has 0 spiro atoms. The van der Waals surface area contributed by atoms with Crippen LogP contribution in [0.3, 0.4) is 0 Å². The molecule has 1 N–H and O–H groups in total. The zero-order valence-corrected chi connectivity index (χ0v) is 18.7. The van der Waals surface area contributed by atoms with Crippen LogP contribution in [0.25, 0.3) is 10.9 Å². The number of rotatable bonds is 5. The number of benzene rings is 2. The van der Waals surface area contributed by atoms with Crippen molar-refractivity contribution in [3.63, 3.8) is 0 Å². The Morgan fingerprint density at radius 3 is 2.31 bits per heavy atom. The van der Waals surface area contributed by atoms with E-state index in [1.165, 1.54) is 0 Å². The number of hydrogen-bond donors (Lipinski definition) is 1. The number of halogens is 1. The molecule has 0 aliphatic carbocycles. The molecule has 0 saturated carbocycles. The maximum Gasteiger partial charge on any atom is 0.311 e. The largest absolute Gasteiger partial charge is 0.495 e. The summed E-state index contributed by atoms with van der Waals surface area (Å²) in [5.41, 5.74) is 4.36. The van der Waals surface area contributed by atoms with Crippen LogP contribution in [0.5, 0.6) is 5.75 Å². The number of carbonyl (C=O) groups is 1. The molecule has 4 nitrogen and oxygen atoms in total. The van der Waals surface area contributed by atoms with Gasteiger partial charge in [0.25, 0.3) is 0 Å². The molecule has 0 fully saturated rings. The first kappa shape index (κ1) is 21.3. The molecule has 0 radical (unpaired) electrons. The van der Waals surface area contributed by atoms with Gasteiger partial charge in [-0.05, 0) is 37.5 Å². The molecule has 3 rings (SSSR count). The molecule has 0 saturated heterocycles. The Bertz CT molecular complexity index is 1100. The number of nitrogens with zero attached hydrogens (tertiary/aromatic N) is 1. The third kappa shape index (κ3) is 3.77. The van der Waals surface area contributed by atoms with Crippen LogP contribution in [0.4, 0.5) is 0 Å². The summed E-state index contributed by atoms with van der Waals surface area (Å²) in [4.78, 5) is 12.8. The van der Waals surface area contributed by atoms with Crippen molar-refractivity contribution in [3.8, 4) is 5.75 Å². The fourth-order valence-electron chi connectivity index (χ4n) is 3.82. The molecule has 3 aromatic rings. The lowest BCUT2D eigenvalue weighted by molar-refractivity contribution is -0.139. The molecule has 2 aromatic carbocycles. The molecule has 0 aliphatic rings. The minimum Gasteiger partial charge on any atom is -0.495 e. The van der Waals surface area contributed by atoms with Gasteiger partial charge >= 0.3 is 5.97 Å². The molecule has 1 atom stereocenters. The van der Waals surface area contributed by atoms with Gasteiger partial charge in [0.15, 0.2) is 0 Å². The topological polar surface area (TPSA) is 51.5 Å². The van der Waals surface area contributed by atoms with Crippen LogP contribution in [0, 0.1) is 19.8 Å². The summed E-state index contributed by atoms with van der Waals surface area (Å²) in [6.45, 7) is 7.75. The van der Waals surface area contributed by atoms with Gasteiger partial charge in [-0.15, -0.1) is 0 Å². The number of fused-ring (bicyclic) bond motifs is 1. The van der Waals surface area contributed by atoms with E-state index in [0.717, 1.165) is 33.3 Å². The highest BCUT2D eigenvalue weighted by molar-refractivity contribution is 7.80. The quantitative estimate of drug-likeness (QED) is 0.508. The van der Waals surface area contributed by atoms with E-state index in [2.05, 4.69) is 0 Å². The second-order valence-electron chi connectivity index (χ2n) is 7.57. The van der Waals surface area contributed by atoms with Gasteiger partial charge in [0.05, 0.1) is 23.6 Å². The summed E-state index contributed by atoms with van der Waals surface area (Å²) < 4.78 is 7.32. The maximum absolute atomic E-state index is 12.1. The van der Waals surface area contributed by atoms with Crippen LogP contribution in [0.1, 0.15) is 42.1 Å². The summed E-state index contributed by atoms with van der Waals surface area (Å²) in [7, 11) is 1.55. The van der Waals surface area contributed by atoms with Crippen molar-refractivity contribution in [1.29, 1.82) is 0 Å². The first-order chi connectivity index (χ1) is 13.7. The van der Waals surface area contributed by atoms with Crippen molar-refractivity contribution in [2.45, 2.75) is 33.6 Å². The van der Waals surface area contributed by atoms with Crippen LogP contribution in [-0.2, 0) is 4.79 Å². The molecule has 29 heavy (non-hydrogen) atoms. The Morgan fingerprint density at radius 2 is 1.79 bits per heavy atom. The van der Waals surface area contributed by atoms with E-state index in [1.807, 2.05) is 62.6 Å². The highest BCUT2D eigenvalue weighted by Crippen LogP contribution is 2.40. The van der Waals surface area contributed by atoms with Crippen molar-refractivity contribution < 1.29 is 14.6 Å². The van der Waals surface area contributed by atoms with Crippen molar-refractivity contribution in [3.05, 3.63) is 63.8 Å². The van der Waals surface area contributed by atoms with Gasteiger partial charge in [-0.3, -0.25) is 4.79 Å². The maximum atomic E-state index is 12.1. The van der Waals surface area contributed by atoms with E-state index in [0.29, 0.717) is 15.8 Å². The minimum absolute atomic E-state index is 0.0973. The monoisotopic (exact) mass is 429 g/mol. The van der Waals surface area contributed by atoms with Crippen LogP contribution in [0.2, 0.25) is 5.02 Å². The normalized spacial score (nSPS) is 12.4.